The van der Waals surface area contributed by atoms with Crippen LogP contribution in [0.15, 0.2) is 104 Å². The third-order valence-electron chi connectivity index (χ3n) is 5.37. The molecule has 0 amide bonds. The summed E-state index contributed by atoms with van der Waals surface area (Å²) in [6, 6.07) is 23.1. The van der Waals surface area contributed by atoms with Gasteiger partial charge in [0.15, 0.2) is 5.82 Å². The maximum absolute atomic E-state index is 13.8. The first-order chi connectivity index (χ1) is 16.6. The Labute approximate surface area is 200 Å². The van der Waals surface area contributed by atoms with Crippen LogP contribution in [0.25, 0.3) is 33.1 Å². The zero-order valence-corrected chi connectivity index (χ0v) is 18.7. The molecule has 0 spiro atoms. The number of benzene rings is 2. The van der Waals surface area contributed by atoms with Gasteiger partial charge in [-0.15, -0.1) is 0 Å². The van der Waals surface area contributed by atoms with Gasteiger partial charge < -0.3 is 5.84 Å². The summed E-state index contributed by atoms with van der Waals surface area (Å²) in [5, 5.41) is 2.30. The predicted molar refractivity (Wildman–Crippen MR) is 135 cm³/mol. The van der Waals surface area contributed by atoms with Gasteiger partial charge in [0.25, 0.3) is 0 Å². The van der Waals surface area contributed by atoms with Gasteiger partial charge in [-0.2, -0.15) is 0 Å². The minimum atomic E-state index is -0.330. The molecule has 0 unspecified atom stereocenters. The normalized spacial score (nSPS) is 10.8. The second-order valence-corrected chi connectivity index (χ2v) is 7.92. The molecule has 0 atom stereocenters. The van der Waals surface area contributed by atoms with E-state index >= 15 is 0 Å². The van der Waals surface area contributed by atoms with Crippen LogP contribution in [-0.4, -0.2) is 19.3 Å². The quantitative estimate of drug-likeness (QED) is 0.305. The molecule has 0 aliphatic carbocycles. The number of nitrogens with zero attached hydrogens (tertiary/aromatic N) is 4. The maximum Gasteiger partial charge on any atom is 0.151 e. The lowest BCUT2D eigenvalue weighted by atomic mass is 10.1. The summed E-state index contributed by atoms with van der Waals surface area (Å²) in [5.74, 6) is 5.35. The maximum atomic E-state index is 13.8. The topological polar surface area (TPSA) is 73.7 Å². The van der Waals surface area contributed by atoms with E-state index in [-0.39, 0.29) is 5.82 Å². The number of nitrogen functional groups attached to an aromatic ring is 1. The number of hydrogen-bond donors (Lipinski definition) is 2. The molecule has 6 rings (SSSR count). The fourth-order valence-corrected chi connectivity index (χ4v) is 3.94. The Morgan fingerprint density at radius 2 is 1.71 bits per heavy atom. The van der Waals surface area contributed by atoms with E-state index in [1.165, 1.54) is 16.3 Å². The van der Waals surface area contributed by atoms with Gasteiger partial charge in [-0.1, -0.05) is 48.0 Å². The number of anilines is 1. The third-order valence-corrected chi connectivity index (χ3v) is 5.67. The number of nitrogens with one attached hydrogen (secondary N) is 1. The van der Waals surface area contributed by atoms with Crippen molar-refractivity contribution in [3.63, 3.8) is 0 Å². The number of hydrogen-bond acceptors (Lipinski definition) is 4. The molecule has 0 fully saturated rings. The molecular formula is C26H20ClFN6. The summed E-state index contributed by atoms with van der Waals surface area (Å²) in [5.41, 5.74) is 7.34. The summed E-state index contributed by atoms with van der Waals surface area (Å²) in [6.45, 7) is 0. The summed E-state index contributed by atoms with van der Waals surface area (Å²) >= 11 is 6.05. The molecule has 3 N–H and O–H groups in total. The van der Waals surface area contributed by atoms with Gasteiger partial charge in [0.05, 0.1) is 33.6 Å². The van der Waals surface area contributed by atoms with Gasteiger partial charge in [-0.05, 0) is 36.4 Å². The predicted octanol–water partition coefficient (Wildman–Crippen LogP) is 6.12. The Morgan fingerprint density at radius 3 is 2.53 bits per heavy atom. The van der Waals surface area contributed by atoms with Crippen LogP contribution in [0.2, 0.25) is 5.02 Å². The Bertz CT molecular complexity index is 1570. The number of aromatic nitrogens is 4. The van der Waals surface area contributed by atoms with Gasteiger partial charge in [-0.3, -0.25) is 24.7 Å². The van der Waals surface area contributed by atoms with Crippen LogP contribution in [0.1, 0.15) is 0 Å². The van der Waals surface area contributed by atoms with Gasteiger partial charge in [-0.25, -0.2) is 4.39 Å². The molecule has 0 radical (unpaired) electrons. The summed E-state index contributed by atoms with van der Waals surface area (Å²) in [6.07, 6.45) is 8.26. The second-order valence-electron chi connectivity index (χ2n) is 7.51. The van der Waals surface area contributed by atoms with E-state index in [0.29, 0.717) is 15.9 Å². The van der Waals surface area contributed by atoms with Crippen LogP contribution in [0.5, 0.6) is 0 Å². The van der Waals surface area contributed by atoms with Crippen LogP contribution in [-0.2, 0) is 0 Å². The summed E-state index contributed by atoms with van der Waals surface area (Å²) in [7, 11) is 0. The molecule has 0 saturated carbocycles. The van der Waals surface area contributed by atoms with Crippen molar-refractivity contribution in [3.8, 4) is 11.3 Å². The molecule has 0 saturated heterocycles. The van der Waals surface area contributed by atoms with Gasteiger partial charge in [0, 0.05) is 41.1 Å². The molecule has 0 bridgehead atoms. The van der Waals surface area contributed by atoms with Crippen LogP contribution < -0.4 is 11.3 Å². The second kappa shape index (κ2) is 9.25. The van der Waals surface area contributed by atoms with Crippen molar-refractivity contribution in [1.29, 1.82) is 0 Å². The lowest BCUT2D eigenvalue weighted by Gasteiger charge is -2.10. The Hall–Kier alpha value is -4.36. The molecular weight excluding hydrogens is 451 g/mol. The molecule has 0 aliphatic heterocycles. The first-order valence-corrected chi connectivity index (χ1v) is 10.9. The Balaban J connectivity index is 0.000000142. The van der Waals surface area contributed by atoms with E-state index in [9.17, 15) is 4.39 Å². The minimum Gasteiger partial charge on any atom is -0.339 e. The van der Waals surface area contributed by atoms with E-state index in [1.54, 1.807) is 24.7 Å². The molecule has 6 nitrogen and oxygen atoms in total. The van der Waals surface area contributed by atoms with Crippen molar-refractivity contribution < 1.29 is 4.39 Å². The Kier molecular flexibility index (Phi) is 5.84. The zero-order valence-electron chi connectivity index (χ0n) is 17.9. The first-order valence-electron chi connectivity index (χ1n) is 10.5. The summed E-state index contributed by atoms with van der Waals surface area (Å²) in [4.78, 5) is 8.19. The van der Waals surface area contributed by atoms with Crippen molar-refractivity contribution in [2.75, 3.05) is 11.3 Å². The number of para-hydroxylation sites is 1. The van der Waals surface area contributed by atoms with Crippen molar-refractivity contribution in [2.24, 2.45) is 0 Å². The molecule has 34 heavy (non-hydrogen) atoms. The van der Waals surface area contributed by atoms with E-state index in [2.05, 4.69) is 33.6 Å². The average molecular weight is 471 g/mol. The van der Waals surface area contributed by atoms with E-state index in [4.69, 9.17) is 17.4 Å². The zero-order chi connectivity index (χ0) is 23.5. The molecule has 4 aromatic heterocycles. The Morgan fingerprint density at radius 1 is 0.882 bits per heavy atom. The monoisotopic (exact) mass is 470 g/mol. The van der Waals surface area contributed by atoms with Gasteiger partial charge in [0.1, 0.15) is 0 Å². The fourth-order valence-electron chi connectivity index (χ4n) is 3.77. The number of halogens is 2. The van der Waals surface area contributed by atoms with Crippen LogP contribution >= 0.6 is 11.6 Å². The van der Waals surface area contributed by atoms with Crippen molar-refractivity contribution in [1.82, 2.24) is 19.3 Å². The van der Waals surface area contributed by atoms with Crippen LogP contribution in [0, 0.1) is 5.82 Å². The number of fused-ring (bicyclic) bond motifs is 2. The number of nitrogens with two attached hydrogens (primary N) is 1. The van der Waals surface area contributed by atoms with Gasteiger partial charge in [0.2, 0.25) is 0 Å². The highest BCUT2D eigenvalue weighted by Crippen LogP contribution is 2.29. The smallest absolute Gasteiger partial charge is 0.151 e. The van der Waals surface area contributed by atoms with Crippen molar-refractivity contribution in [2.45, 2.75) is 0 Å². The number of rotatable bonds is 3. The molecule has 168 valence electrons. The first kappa shape index (κ1) is 21.5. The molecule has 6 aromatic rings. The van der Waals surface area contributed by atoms with E-state index < -0.39 is 0 Å². The lowest BCUT2D eigenvalue weighted by Crippen LogP contribution is -2.07. The average Bonchev–Trinajstić information content (AvgIpc) is 3.41. The highest BCUT2D eigenvalue weighted by atomic mass is 35.5. The van der Waals surface area contributed by atoms with Crippen LogP contribution in [0.4, 0.5) is 10.1 Å². The SMILES string of the molecule is Clc1cnccc1Nn1ccc2ccccc21.Nn1cc(F)c2c(-c3ccccn3)cccc21. The molecule has 0 aliphatic rings. The van der Waals surface area contributed by atoms with Crippen LogP contribution in [0.3, 0.4) is 0 Å². The standard InChI is InChI=1S/C13H10ClN3.C13H10FN3/c14-11-9-15-7-5-12(11)16-17-8-6-10-3-1-2-4-13(10)17;14-10-8-17(15)12-6-3-4-9(13(10)12)11-5-1-2-7-16-11/h1-9H,(H,15,16);1-8H,15H2. The lowest BCUT2D eigenvalue weighted by molar-refractivity contribution is 0.635. The van der Waals surface area contributed by atoms with Crippen molar-refractivity contribution in [3.05, 3.63) is 115 Å². The highest BCUT2D eigenvalue weighted by molar-refractivity contribution is 6.33. The molecule has 4 heterocycles. The largest absolute Gasteiger partial charge is 0.339 e. The molecule has 2 aromatic carbocycles. The number of pyridine rings is 2. The highest BCUT2D eigenvalue weighted by Gasteiger charge is 2.12. The van der Waals surface area contributed by atoms with Crippen molar-refractivity contribution >= 4 is 39.1 Å². The summed E-state index contributed by atoms with van der Waals surface area (Å²) < 4.78 is 17.1. The van der Waals surface area contributed by atoms with E-state index in [0.717, 1.165) is 22.5 Å². The minimum absolute atomic E-state index is 0.330. The fraction of sp³-hybridized carbons (Fsp3) is 0. The molecule has 8 heteroatoms. The third kappa shape index (κ3) is 4.16. The van der Waals surface area contributed by atoms with E-state index in [1.807, 2.05) is 59.4 Å². The van der Waals surface area contributed by atoms with Gasteiger partial charge >= 0.3 is 0 Å².